The Hall–Kier alpha value is -1.08. The number of aromatic nitrogens is 3. The molecule has 0 unspecified atom stereocenters. The third-order valence-electron chi connectivity index (χ3n) is 1.16. The largest absolute Gasteiger partial charge is 0.312 e. The van der Waals surface area contributed by atoms with E-state index in [1.165, 1.54) is 11.8 Å². The zero-order valence-corrected chi connectivity index (χ0v) is 7.34. The lowest BCUT2D eigenvalue weighted by atomic mass is 10.8. The van der Waals surface area contributed by atoms with E-state index in [9.17, 15) is 4.79 Å². The number of nitrogens with two attached hydrogens (primary N) is 1. The number of rotatable bonds is 3. The molecule has 0 radical (unpaired) electrons. The second-order valence-electron chi connectivity index (χ2n) is 2.08. The SMILES string of the molecule is Cn1cnnc1SCC(=O)NN. The summed E-state index contributed by atoms with van der Waals surface area (Å²) in [5, 5.41) is 8.12. The molecule has 0 saturated carbocycles. The third-order valence-corrected chi connectivity index (χ3v) is 2.20. The highest BCUT2D eigenvalue weighted by atomic mass is 32.2. The number of thioether (sulfide) groups is 1. The zero-order chi connectivity index (χ0) is 8.97. The van der Waals surface area contributed by atoms with Gasteiger partial charge < -0.3 is 4.57 Å². The van der Waals surface area contributed by atoms with Gasteiger partial charge in [0, 0.05) is 7.05 Å². The molecule has 0 aromatic carbocycles. The van der Waals surface area contributed by atoms with Crippen molar-refractivity contribution >= 4 is 17.7 Å². The number of nitrogens with zero attached hydrogens (tertiary/aromatic N) is 3. The molecule has 3 N–H and O–H groups in total. The highest BCUT2D eigenvalue weighted by Crippen LogP contribution is 2.11. The summed E-state index contributed by atoms with van der Waals surface area (Å²) in [6.07, 6.45) is 1.57. The minimum absolute atomic E-state index is 0.233. The molecule has 0 saturated heterocycles. The number of carbonyl (C=O) groups excluding carboxylic acids is 1. The van der Waals surface area contributed by atoms with Crippen molar-refractivity contribution in [1.29, 1.82) is 0 Å². The molecule has 0 aliphatic carbocycles. The molecule has 66 valence electrons. The molecular weight excluding hydrogens is 178 g/mol. The summed E-state index contributed by atoms with van der Waals surface area (Å²) in [7, 11) is 1.81. The van der Waals surface area contributed by atoms with Crippen LogP contribution in [-0.2, 0) is 11.8 Å². The van der Waals surface area contributed by atoms with E-state index in [2.05, 4.69) is 10.2 Å². The molecule has 0 atom stereocenters. The Morgan fingerprint density at radius 3 is 3.17 bits per heavy atom. The highest BCUT2D eigenvalue weighted by Gasteiger charge is 2.04. The fourth-order valence-electron chi connectivity index (χ4n) is 0.575. The average molecular weight is 187 g/mol. The summed E-state index contributed by atoms with van der Waals surface area (Å²) in [6, 6.07) is 0. The van der Waals surface area contributed by atoms with Gasteiger partial charge in [0.2, 0.25) is 5.91 Å². The number of amides is 1. The minimum Gasteiger partial charge on any atom is -0.312 e. The maximum Gasteiger partial charge on any atom is 0.244 e. The number of nitrogens with one attached hydrogen (secondary N) is 1. The summed E-state index contributed by atoms with van der Waals surface area (Å²) in [4.78, 5) is 10.7. The van der Waals surface area contributed by atoms with Crippen LogP contribution in [0.3, 0.4) is 0 Å². The zero-order valence-electron chi connectivity index (χ0n) is 6.52. The molecule has 0 aliphatic heterocycles. The first kappa shape index (κ1) is 9.01. The van der Waals surface area contributed by atoms with E-state index < -0.39 is 0 Å². The monoisotopic (exact) mass is 187 g/mol. The maximum absolute atomic E-state index is 10.7. The quantitative estimate of drug-likeness (QED) is 0.271. The van der Waals surface area contributed by atoms with Crippen molar-refractivity contribution in [3.05, 3.63) is 6.33 Å². The molecule has 1 aromatic heterocycles. The van der Waals surface area contributed by atoms with Gasteiger partial charge in [-0.2, -0.15) is 0 Å². The number of hydrogen-bond donors (Lipinski definition) is 2. The predicted octanol–water partition coefficient (Wildman–Crippen LogP) is -1.10. The van der Waals surface area contributed by atoms with E-state index in [0.29, 0.717) is 5.16 Å². The lowest BCUT2D eigenvalue weighted by Gasteiger charge is -1.98. The smallest absolute Gasteiger partial charge is 0.244 e. The van der Waals surface area contributed by atoms with Gasteiger partial charge in [0.1, 0.15) is 6.33 Å². The van der Waals surface area contributed by atoms with Crippen molar-refractivity contribution in [3.63, 3.8) is 0 Å². The van der Waals surface area contributed by atoms with Crippen LogP contribution in [0.4, 0.5) is 0 Å². The molecule has 0 fully saturated rings. The molecule has 0 aliphatic rings. The Kier molecular flexibility index (Phi) is 3.06. The van der Waals surface area contributed by atoms with Gasteiger partial charge in [-0.25, -0.2) is 5.84 Å². The molecule has 0 spiro atoms. The number of aryl methyl sites for hydroxylation is 1. The fourth-order valence-corrected chi connectivity index (χ4v) is 1.27. The highest BCUT2D eigenvalue weighted by molar-refractivity contribution is 7.99. The number of hydrazine groups is 1. The van der Waals surface area contributed by atoms with Crippen LogP contribution < -0.4 is 11.3 Å². The van der Waals surface area contributed by atoms with Crippen LogP contribution in [0.1, 0.15) is 0 Å². The van der Waals surface area contributed by atoms with Crippen molar-refractivity contribution in [1.82, 2.24) is 20.2 Å². The number of carbonyl (C=O) groups is 1. The molecule has 1 amide bonds. The van der Waals surface area contributed by atoms with Crippen LogP contribution in [0.25, 0.3) is 0 Å². The van der Waals surface area contributed by atoms with E-state index in [1.54, 1.807) is 10.9 Å². The summed E-state index contributed by atoms with van der Waals surface area (Å²) >= 11 is 1.28. The van der Waals surface area contributed by atoms with Crippen molar-refractivity contribution in [3.8, 4) is 0 Å². The molecule has 12 heavy (non-hydrogen) atoms. The molecular formula is C5H9N5OS. The van der Waals surface area contributed by atoms with Crippen LogP contribution in [0.2, 0.25) is 0 Å². The fraction of sp³-hybridized carbons (Fsp3) is 0.400. The van der Waals surface area contributed by atoms with E-state index in [-0.39, 0.29) is 11.7 Å². The van der Waals surface area contributed by atoms with E-state index in [4.69, 9.17) is 5.84 Å². The van der Waals surface area contributed by atoms with E-state index >= 15 is 0 Å². The maximum atomic E-state index is 10.7. The second kappa shape index (κ2) is 4.07. The molecule has 1 aromatic rings. The van der Waals surface area contributed by atoms with Crippen molar-refractivity contribution in [2.45, 2.75) is 5.16 Å². The van der Waals surface area contributed by atoms with Gasteiger partial charge in [-0.05, 0) is 0 Å². The summed E-state index contributed by atoms with van der Waals surface area (Å²) in [6.45, 7) is 0. The van der Waals surface area contributed by atoms with E-state index in [0.717, 1.165) is 0 Å². The lowest BCUT2D eigenvalue weighted by molar-refractivity contribution is -0.118. The van der Waals surface area contributed by atoms with Crippen LogP contribution in [0.15, 0.2) is 11.5 Å². The van der Waals surface area contributed by atoms with Gasteiger partial charge in [0.05, 0.1) is 5.75 Å². The summed E-state index contributed by atoms with van der Waals surface area (Å²) in [5.41, 5.74) is 2.03. The van der Waals surface area contributed by atoms with Gasteiger partial charge in [0.15, 0.2) is 5.16 Å². The van der Waals surface area contributed by atoms with Gasteiger partial charge in [-0.15, -0.1) is 10.2 Å². The molecule has 1 rings (SSSR count). The standard InChI is InChI=1S/C5H9N5OS/c1-10-3-7-9-5(10)12-2-4(11)8-6/h3H,2,6H2,1H3,(H,8,11). The topological polar surface area (TPSA) is 85.8 Å². The van der Waals surface area contributed by atoms with Crippen LogP contribution in [-0.4, -0.2) is 26.4 Å². The molecule has 7 heteroatoms. The van der Waals surface area contributed by atoms with Gasteiger partial charge >= 0.3 is 0 Å². The number of hydrogen-bond acceptors (Lipinski definition) is 5. The third kappa shape index (κ3) is 2.21. The predicted molar refractivity (Wildman–Crippen MR) is 44.1 cm³/mol. The normalized spacial score (nSPS) is 9.83. The molecule has 6 nitrogen and oxygen atoms in total. The Morgan fingerprint density at radius 2 is 2.67 bits per heavy atom. The lowest BCUT2D eigenvalue weighted by Crippen LogP contribution is -2.31. The Labute approximate surface area is 73.5 Å². The minimum atomic E-state index is -0.233. The first-order valence-electron chi connectivity index (χ1n) is 3.20. The van der Waals surface area contributed by atoms with Crippen LogP contribution >= 0.6 is 11.8 Å². The Bertz CT molecular complexity index is 273. The average Bonchev–Trinajstić information content (AvgIpc) is 2.47. The van der Waals surface area contributed by atoms with Crippen molar-refractivity contribution in [2.75, 3.05) is 5.75 Å². The first-order valence-corrected chi connectivity index (χ1v) is 4.19. The second-order valence-corrected chi connectivity index (χ2v) is 3.02. The van der Waals surface area contributed by atoms with E-state index in [1.807, 2.05) is 12.5 Å². The molecule has 1 heterocycles. The Morgan fingerprint density at radius 1 is 1.92 bits per heavy atom. The van der Waals surface area contributed by atoms with Gasteiger partial charge in [-0.3, -0.25) is 10.2 Å². The van der Waals surface area contributed by atoms with Crippen LogP contribution in [0.5, 0.6) is 0 Å². The first-order chi connectivity index (χ1) is 5.74. The molecule has 0 bridgehead atoms. The van der Waals surface area contributed by atoms with Crippen molar-refractivity contribution < 1.29 is 4.79 Å². The van der Waals surface area contributed by atoms with Crippen molar-refractivity contribution in [2.24, 2.45) is 12.9 Å². The van der Waals surface area contributed by atoms with Crippen LogP contribution in [0, 0.1) is 0 Å². The summed E-state index contributed by atoms with van der Waals surface area (Å²) < 4.78 is 1.73. The van der Waals surface area contributed by atoms with Gasteiger partial charge in [-0.1, -0.05) is 11.8 Å². The summed E-state index contributed by atoms with van der Waals surface area (Å²) in [5.74, 6) is 4.91. The van der Waals surface area contributed by atoms with Gasteiger partial charge in [0.25, 0.3) is 0 Å². The Balaban J connectivity index is 2.43.